The highest BCUT2D eigenvalue weighted by Gasteiger charge is 2.30. The van der Waals surface area contributed by atoms with Crippen molar-refractivity contribution in [2.45, 2.75) is 26.7 Å². The van der Waals surface area contributed by atoms with E-state index in [4.69, 9.17) is 10.8 Å². The second-order valence-corrected chi connectivity index (χ2v) is 4.59. The van der Waals surface area contributed by atoms with Crippen LogP contribution < -0.4 is 10.6 Å². The summed E-state index contributed by atoms with van der Waals surface area (Å²) in [6.45, 7) is 5.15. The van der Waals surface area contributed by atoms with Crippen molar-refractivity contribution >= 4 is 17.7 Å². The highest BCUT2D eigenvalue weighted by Crippen LogP contribution is 2.27. The van der Waals surface area contributed by atoms with Gasteiger partial charge in [0, 0.05) is 24.3 Å². The Labute approximate surface area is 106 Å². The van der Waals surface area contributed by atoms with Crippen LogP contribution in [0.25, 0.3) is 0 Å². The van der Waals surface area contributed by atoms with Crippen LogP contribution >= 0.6 is 0 Å². The summed E-state index contributed by atoms with van der Waals surface area (Å²) < 4.78 is 0. The predicted octanol–water partition coefficient (Wildman–Crippen LogP) is 0.841. The van der Waals surface area contributed by atoms with Crippen LogP contribution in [0.5, 0.6) is 0 Å². The first-order valence-corrected chi connectivity index (χ1v) is 6.13. The molecule has 0 spiro atoms. The molecule has 0 saturated carbocycles. The lowest BCUT2D eigenvalue weighted by Crippen LogP contribution is -2.25. The molecule has 18 heavy (non-hydrogen) atoms. The van der Waals surface area contributed by atoms with Crippen molar-refractivity contribution in [3.05, 3.63) is 11.3 Å². The molecule has 6 heteroatoms. The second kappa shape index (κ2) is 4.80. The van der Waals surface area contributed by atoms with Gasteiger partial charge in [-0.25, -0.2) is 4.98 Å². The number of hydrogen-bond donors (Lipinski definition) is 2. The standard InChI is InChI=1S/C12H18N4O2/c1-3-9-7(2)14-12(13)15-10(9)16-5-4-8(6-16)11(17)18/h8H,3-6H2,1-2H3,(H,17,18)(H2,13,14,15). The van der Waals surface area contributed by atoms with Crippen molar-refractivity contribution in [1.29, 1.82) is 0 Å². The van der Waals surface area contributed by atoms with Gasteiger partial charge >= 0.3 is 5.97 Å². The summed E-state index contributed by atoms with van der Waals surface area (Å²) in [5, 5.41) is 9.03. The van der Waals surface area contributed by atoms with Gasteiger partial charge in [-0.05, 0) is 19.8 Å². The van der Waals surface area contributed by atoms with Gasteiger partial charge in [-0.1, -0.05) is 6.92 Å². The molecule has 1 unspecified atom stereocenters. The summed E-state index contributed by atoms with van der Waals surface area (Å²) in [5.41, 5.74) is 7.60. The van der Waals surface area contributed by atoms with Crippen LogP contribution in [0.4, 0.5) is 11.8 Å². The summed E-state index contributed by atoms with van der Waals surface area (Å²) in [7, 11) is 0. The molecular weight excluding hydrogens is 232 g/mol. The fourth-order valence-corrected chi connectivity index (χ4v) is 2.43. The maximum atomic E-state index is 11.0. The minimum atomic E-state index is -0.741. The Hall–Kier alpha value is -1.85. The number of aryl methyl sites for hydroxylation is 1. The van der Waals surface area contributed by atoms with Crippen molar-refractivity contribution in [2.75, 3.05) is 23.7 Å². The van der Waals surface area contributed by atoms with Crippen LogP contribution in [-0.4, -0.2) is 34.1 Å². The van der Waals surface area contributed by atoms with Crippen molar-refractivity contribution in [1.82, 2.24) is 9.97 Å². The topological polar surface area (TPSA) is 92.3 Å². The highest BCUT2D eigenvalue weighted by atomic mass is 16.4. The van der Waals surface area contributed by atoms with Gasteiger partial charge in [0.15, 0.2) is 0 Å². The Kier molecular flexibility index (Phi) is 3.36. The van der Waals surface area contributed by atoms with Crippen LogP contribution in [0.15, 0.2) is 0 Å². The largest absolute Gasteiger partial charge is 0.481 e. The lowest BCUT2D eigenvalue weighted by Gasteiger charge is -2.21. The molecular formula is C12H18N4O2. The molecule has 1 aromatic rings. The Morgan fingerprint density at radius 3 is 2.83 bits per heavy atom. The fraction of sp³-hybridized carbons (Fsp3) is 0.583. The number of carboxylic acids is 1. The Bertz CT molecular complexity index is 475. The van der Waals surface area contributed by atoms with Gasteiger partial charge in [-0.2, -0.15) is 4.98 Å². The van der Waals surface area contributed by atoms with Crippen molar-refractivity contribution in [3.63, 3.8) is 0 Å². The van der Waals surface area contributed by atoms with E-state index in [-0.39, 0.29) is 11.9 Å². The first-order chi connectivity index (χ1) is 8.52. The van der Waals surface area contributed by atoms with Gasteiger partial charge in [0.05, 0.1) is 5.92 Å². The third-order valence-electron chi connectivity index (χ3n) is 3.40. The monoisotopic (exact) mass is 250 g/mol. The number of anilines is 2. The van der Waals surface area contributed by atoms with E-state index in [2.05, 4.69) is 9.97 Å². The molecule has 2 rings (SSSR count). The molecule has 1 fully saturated rings. The summed E-state index contributed by atoms with van der Waals surface area (Å²) in [5.74, 6) is -0.00905. The molecule has 1 aliphatic heterocycles. The van der Waals surface area contributed by atoms with Gasteiger partial charge in [-0.15, -0.1) is 0 Å². The van der Waals surface area contributed by atoms with E-state index >= 15 is 0 Å². The normalized spacial score (nSPS) is 19.2. The highest BCUT2D eigenvalue weighted by molar-refractivity contribution is 5.72. The molecule has 0 aromatic carbocycles. The van der Waals surface area contributed by atoms with Gasteiger partial charge in [0.25, 0.3) is 0 Å². The predicted molar refractivity (Wildman–Crippen MR) is 68.5 cm³/mol. The number of rotatable bonds is 3. The molecule has 0 aliphatic carbocycles. The summed E-state index contributed by atoms with van der Waals surface area (Å²) in [6.07, 6.45) is 1.47. The number of nitrogens with two attached hydrogens (primary N) is 1. The maximum absolute atomic E-state index is 11.0. The van der Waals surface area contributed by atoms with Gasteiger partial charge in [0.1, 0.15) is 5.82 Å². The van der Waals surface area contributed by atoms with Crippen LogP contribution in [0, 0.1) is 12.8 Å². The molecule has 0 amide bonds. The van der Waals surface area contributed by atoms with Crippen molar-refractivity contribution < 1.29 is 9.90 Å². The fourth-order valence-electron chi connectivity index (χ4n) is 2.43. The molecule has 0 radical (unpaired) electrons. The third kappa shape index (κ3) is 2.23. The zero-order valence-corrected chi connectivity index (χ0v) is 10.7. The average Bonchev–Trinajstić information content (AvgIpc) is 2.77. The Balaban J connectivity index is 2.31. The van der Waals surface area contributed by atoms with Crippen LogP contribution in [0.2, 0.25) is 0 Å². The minimum Gasteiger partial charge on any atom is -0.481 e. The molecule has 6 nitrogen and oxygen atoms in total. The van der Waals surface area contributed by atoms with Crippen molar-refractivity contribution in [2.24, 2.45) is 5.92 Å². The van der Waals surface area contributed by atoms with E-state index in [9.17, 15) is 4.79 Å². The Morgan fingerprint density at radius 2 is 2.28 bits per heavy atom. The molecule has 1 aliphatic rings. The lowest BCUT2D eigenvalue weighted by molar-refractivity contribution is -0.140. The van der Waals surface area contributed by atoms with E-state index < -0.39 is 5.97 Å². The summed E-state index contributed by atoms with van der Waals surface area (Å²) >= 11 is 0. The zero-order valence-electron chi connectivity index (χ0n) is 10.7. The lowest BCUT2D eigenvalue weighted by atomic mass is 10.1. The number of aliphatic carboxylic acids is 1. The second-order valence-electron chi connectivity index (χ2n) is 4.59. The molecule has 1 aromatic heterocycles. The number of nitrogens with zero attached hydrogens (tertiary/aromatic N) is 3. The van der Waals surface area contributed by atoms with E-state index in [0.29, 0.717) is 19.5 Å². The molecule has 2 heterocycles. The van der Waals surface area contributed by atoms with Gasteiger partial charge in [0.2, 0.25) is 5.95 Å². The number of hydrogen-bond acceptors (Lipinski definition) is 5. The number of aromatic nitrogens is 2. The first-order valence-electron chi connectivity index (χ1n) is 6.13. The Morgan fingerprint density at radius 1 is 1.56 bits per heavy atom. The molecule has 3 N–H and O–H groups in total. The van der Waals surface area contributed by atoms with Gasteiger partial charge in [-0.3, -0.25) is 4.79 Å². The summed E-state index contributed by atoms with van der Waals surface area (Å²) in [6, 6.07) is 0. The smallest absolute Gasteiger partial charge is 0.308 e. The van der Waals surface area contributed by atoms with E-state index in [0.717, 1.165) is 23.5 Å². The maximum Gasteiger partial charge on any atom is 0.308 e. The average molecular weight is 250 g/mol. The SMILES string of the molecule is CCc1c(C)nc(N)nc1N1CCC(C(=O)O)C1. The third-order valence-corrected chi connectivity index (χ3v) is 3.40. The molecule has 1 atom stereocenters. The number of carbonyl (C=O) groups is 1. The zero-order chi connectivity index (χ0) is 13.3. The molecule has 98 valence electrons. The number of nitrogen functional groups attached to an aromatic ring is 1. The number of carboxylic acid groups (broad SMARTS) is 1. The van der Waals surface area contributed by atoms with Crippen LogP contribution in [0.1, 0.15) is 24.6 Å². The minimum absolute atomic E-state index is 0.249. The van der Waals surface area contributed by atoms with E-state index in [1.807, 2.05) is 18.7 Å². The molecule has 0 bridgehead atoms. The molecule has 1 saturated heterocycles. The first kappa shape index (κ1) is 12.6. The van der Waals surface area contributed by atoms with Gasteiger partial charge < -0.3 is 15.7 Å². The van der Waals surface area contributed by atoms with E-state index in [1.54, 1.807) is 0 Å². The summed E-state index contributed by atoms with van der Waals surface area (Å²) in [4.78, 5) is 21.4. The van der Waals surface area contributed by atoms with Crippen molar-refractivity contribution in [3.8, 4) is 0 Å². The quantitative estimate of drug-likeness (QED) is 0.825. The van der Waals surface area contributed by atoms with E-state index in [1.165, 1.54) is 0 Å². The van der Waals surface area contributed by atoms with Crippen LogP contribution in [0.3, 0.4) is 0 Å². The van der Waals surface area contributed by atoms with Crippen LogP contribution in [-0.2, 0) is 11.2 Å².